The molecule has 1 aromatic heterocycles. The Morgan fingerprint density at radius 2 is 1.75 bits per heavy atom. The summed E-state index contributed by atoms with van der Waals surface area (Å²) in [6.07, 6.45) is 6.16. The number of nitrogens with one attached hydrogen (secondary N) is 1. The van der Waals surface area contributed by atoms with Crippen molar-refractivity contribution in [2.24, 2.45) is 0 Å². The molecule has 2 heterocycles. The standard InChI is InChI=1S/C23H25N3O2/c27-23(28)22(20-17-24-21-11-5-4-10-19(20)21)26-15-13-25(14-16-26)12-6-9-18-7-2-1-3-8-18/h1-11,17,22,24H,12-16H2,(H,27,28)/b9-6+/t22-/m1/s1. The summed E-state index contributed by atoms with van der Waals surface area (Å²) in [6.45, 7) is 4.11. The molecular weight excluding hydrogens is 350 g/mol. The molecule has 28 heavy (non-hydrogen) atoms. The minimum atomic E-state index is -0.790. The molecule has 5 nitrogen and oxygen atoms in total. The Balaban J connectivity index is 1.40. The third-order valence-electron chi connectivity index (χ3n) is 5.40. The van der Waals surface area contributed by atoms with Gasteiger partial charge in [-0.05, 0) is 11.6 Å². The zero-order valence-corrected chi connectivity index (χ0v) is 15.8. The maximum Gasteiger partial charge on any atom is 0.325 e. The number of benzene rings is 2. The zero-order valence-electron chi connectivity index (χ0n) is 15.8. The lowest BCUT2D eigenvalue weighted by Crippen LogP contribution is -2.49. The van der Waals surface area contributed by atoms with Crippen LogP contribution in [-0.4, -0.2) is 58.6 Å². The molecule has 0 radical (unpaired) electrons. The fourth-order valence-electron chi connectivity index (χ4n) is 3.91. The molecule has 0 aliphatic carbocycles. The summed E-state index contributed by atoms with van der Waals surface area (Å²) in [4.78, 5) is 19.7. The van der Waals surface area contributed by atoms with Crippen LogP contribution >= 0.6 is 0 Å². The van der Waals surface area contributed by atoms with Crippen molar-refractivity contribution in [3.63, 3.8) is 0 Å². The minimum absolute atomic E-state index is 0.613. The monoisotopic (exact) mass is 375 g/mol. The number of hydrogen-bond donors (Lipinski definition) is 2. The summed E-state index contributed by atoms with van der Waals surface area (Å²) in [5.74, 6) is -0.790. The first-order valence-electron chi connectivity index (χ1n) is 9.69. The normalized spacial score (nSPS) is 17.3. The summed E-state index contributed by atoms with van der Waals surface area (Å²) >= 11 is 0. The van der Waals surface area contributed by atoms with Crippen LogP contribution in [0.15, 0.2) is 66.9 Å². The number of aromatic amines is 1. The highest BCUT2D eigenvalue weighted by molar-refractivity contribution is 5.89. The lowest BCUT2D eigenvalue weighted by molar-refractivity contribution is -0.144. The largest absolute Gasteiger partial charge is 0.480 e. The van der Waals surface area contributed by atoms with Gasteiger partial charge in [-0.2, -0.15) is 0 Å². The Bertz CT molecular complexity index is 956. The fourth-order valence-corrected chi connectivity index (χ4v) is 3.91. The Hall–Kier alpha value is -2.89. The Morgan fingerprint density at radius 3 is 2.50 bits per heavy atom. The first kappa shape index (κ1) is 18.5. The minimum Gasteiger partial charge on any atom is -0.480 e. The third kappa shape index (κ3) is 4.01. The number of aliphatic carboxylic acids is 1. The summed E-state index contributed by atoms with van der Waals surface area (Å²) in [7, 11) is 0. The summed E-state index contributed by atoms with van der Waals surface area (Å²) in [5, 5.41) is 10.9. The van der Waals surface area contributed by atoms with Crippen LogP contribution in [0.3, 0.4) is 0 Å². The van der Waals surface area contributed by atoms with E-state index in [0.717, 1.165) is 49.2 Å². The van der Waals surface area contributed by atoms with Gasteiger partial charge in [0.25, 0.3) is 0 Å². The van der Waals surface area contributed by atoms with Gasteiger partial charge in [0.1, 0.15) is 6.04 Å². The van der Waals surface area contributed by atoms with Crippen LogP contribution in [0.2, 0.25) is 0 Å². The third-order valence-corrected chi connectivity index (χ3v) is 5.40. The van der Waals surface area contributed by atoms with Gasteiger partial charge in [0.2, 0.25) is 0 Å². The highest BCUT2D eigenvalue weighted by atomic mass is 16.4. The molecule has 1 saturated heterocycles. The van der Waals surface area contributed by atoms with Crippen molar-refractivity contribution in [2.75, 3.05) is 32.7 Å². The second-order valence-electron chi connectivity index (χ2n) is 7.18. The van der Waals surface area contributed by atoms with Gasteiger partial charge in [0.05, 0.1) is 0 Å². The van der Waals surface area contributed by atoms with Crippen LogP contribution in [0.25, 0.3) is 17.0 Å². The first-order valence-corrected chi connectivity index (χ1v) is 9.69. The van der Waals surface area contributed by atoms with E-state index < -0.39 is 12.0 Å². The predicted octanol–water partition coefficient (Wildman–Crippen LogP) is 3.62. The van der Waals surface area contributed by atoms with Crippen LogP contribution in [0.1, 0.15) is 17.2 Å². The van der Waals surface area contributed by atoms with E-state index in [0.29, 0.717) is 0 Å². The summed E-state index contributed by atoms with van der Waals surface area (Å²) < 4.78 is 0. The molecule has 2 aromatic carbocycles. The lowest BCUT2D eigenvalue weighted by atomic mass is 10.0. The molecule has 5 heteroatoms. The molecule has 0 saturated carbocycles. The number of rotatable bonds is 6. The Morgan fingerprint density at radius 1 is 1.04 bits per heavy atom. The topological polar surface area (TPSA) is 59.6 Å². The van der Waals surface area contributed by atoms with Crippen molar-refractivity contribution in [3.8, 4) is 0 Å². The first-order chi connectivity index (χ1) is 13.7. The molecule has 1 fully saturated rings. The van der Waals surface area contributed by atoms with Crippen LogP contribution in [0.5, 0.6) is 0 Å². The average molecular weight is 375 g/mol. The molecule has 0 bridgehead atoms. The van der Waals surface area contributed by atoms with Gasteiger partial charge < -0.3 is 10.1 Å². The lowest BCUT2D eigenvalue weighted by Gasteiger charge is -2.37. The molecule has 1 aliphatic heterocycles. The van der Waals surface area contributed by atoms with Gasteiger partial charge in [0.15, 0.2) is 0 Å². The summed E-state index contributed by atoms with van der Waals surface area (Å²) in [6, 6.07) is 17.5. The van der Waals surface area contributed by atoms with Gasteiger partial charge in [0, 0.05) is 55.4 Å². The summed E-state index contributed by atoms with van der Waals surface area (Å²) in [5.41, 5.74) is 3.03. The number of nitrogens with zero attached hydrogens (tertiary/aromatic N) is 2. The number of H-pyrrole nitrogens is 1. The molecule has 0 amide bonds. The van der Waals surface area contributed by atoms with Crippen molar-refractivity contribution < 1.29 is 9.90 Å². The van der Waals surface area contributed by atoms with E-state index in [1.54, 1.807) is 0 Å². The Labute approximate surface area is 164 Å². The van der Waals surface area contributed by atoms with Gasteiger partial charge in [-0.1, -0.05) is 60.7 Å². The second-order valence-corrected chi connectivity index (χ2v) is 7.18. The smallest absolute Gasteiger partial charge is 0.325 e. The number of fused-ring (bicyclic) bond motifs is 1. The highest BCUT2D eigenvalue weighted by Crippen LogP contribution is 2.29. The average Bonchev–Trinajstić information content (AvgIpc) is 3.14. The number of para-hydroxylation sites is 1. The number of aromatic nitrogens is 1. The van der Waals surface area contributed by atoms with Crippen molar-refractivity contribution in [3.05, 3.63) is 78.0 Å². The molecule has 0 unspecified atom stereocenters. The highest BCUT2D eigenvalue weighted by Gasteiger charge is 2.31. The molecule has 1 atom stereocenters. The number of carboxylic acid groups (broad SMARTS) is 1. The molecule has 4 rings (SSSR count). The number of carbonyl (C=O) groups is 1. The van der Waals surface area contributed by atoms with Gasteiger partial charge in [-0.25, -0.2) is 0 Å². The predicted molar refractivity (Wildman–Crippen MR) is 112 cm³/mol. The van der Waals surface area contributed by atoms with E-state index in [2.05, 4.69) is 39.1 Å². The van der Waals surface area contributed by atoms with Crippen molar-refractivity contribution in [2.45, 2.75) is 6.04 Å². The van der Waals surface area contributed by atoms with E-state index in [-0.39, 0.29) is 0 Å². The van der Waals surface area contributed by atoms with E-state index in [1.807, 2.05) is 48.7 Å². The number of piperazine rings is 1. The van der Waals surface area contributed by atoms with Gasteiger partial charge in [-0.15, -0.1) is 0 Å². The fraction of sp³-hybridized carbons (Fsp3) is 0.261. The number of carboxylic acids is 1. The molecule has 144 valence electrons. The SMILES string of the molecule is O=C(O)[C@@H](c1c[nH]c2ccccc12)N1CCN(C/C=C/c2ccccc2)CC1. The molecule has 0 spiro atoms. The van der Waals surface area contributed by atoms with Crippen molar-refractivity contribution in [1.82, 2.24) is 14.8 Å². The maximum atomic E-state index is 12.1. The van der Waals surface area contributed by atoms with E-state index in [9.17, 15) is 9.90 Å². The quantitative estimate of drug-likeness (QED) is 0.691. The van der Waals surface area contributed by atoms with Crippen LogP contribution in [0, 0.1) is 0 Å². The van der Waals surface area contributed by atoms with E-state index >= 15 is 0 Å². The van der Waals surface area contributed by atoms with Gasteiger partial charge in [-0.3, -0.25) is 14.6 Å². The van der Waals surface area contributed by atoms with Crippen LogP contribution < -0.4 is 0 Å². The van der Waals surface area contributed by atoms with Crippen LogP contribution in [0.4, 0.5) is 0 Å². The molecule has 2 N–H and O–H groups in total. The maximum absolute atomic E-state index is 12.1. The number of hydrogen-bond acceptors (Lipinski definition) is 3. The van der Waals surface area contributed by atoms with Crippen LogP contribution in [-0.2, 0) is 4.79 Å². The zero-order chi connectivity index (χ0) is 19.3. The van der Waals surface area contributed by atoms with E-state index in [4.69, 9.17) is 0 Å². The van der Waals surface area contributed by atoms with Crippen molar-refractivity contribution >= 4 is 22.9 Å². The second kappa shape index (κ2) is 8.42. The van der Waals surface area contributed by atoms with E-state index in [1.165, 1.54) is 5.56 Å². The van der Waals surface area contributed by atoms with Gasteiger partial charge >= 0.3 is 5.97 Å². The Kier molecular flexibility index (Phi) is 5.55. The molecule has 1 aliphatic rings. The molecule has 3 aromatic rings. The molecular formula is C23H25N3O2. The van der Waals surface area contributed by atoms with Crippen molar-refractivity contribution in [1.29, 1.82) is 0 Å².